The number of carbonyl (C=O) groups excluding carboxylic acids is 2. The lowest BCUT2D eigenvalue weighted by atomic mass is 10.1. The summed E-state index contributed by atoms with van der Waals surface area (Å²) in [5.41, 5.74) is 0.338. The zero-order valence-corrected chi connectivity index (χ0v) is 11.1. The Morgan fingerprint density at radius 3 is 2.35 bits per heavy atom. The molecule has 0 aliphatic heterocycles. The molecule has 1 aromatic rings. The Bertz CT molecular complexity index is 481. The minimum absolute atomic E-state index is 0.168. The van der Waals surface area contributed by atoms with E-state index in [-0.39, 0.29) is 18.9 Å². The fourth-order valence-electron chi connectivity index (χ4n) is 1.51. The smallest absolute Gasteiger partial charge is 0.314 e. The average Bonchev–Trinajstić information content (AvgIpc) is 2.37. The molecule has 5 nitrogen and oxygen atoms in total. The number of rotatable bonds is 6. The maximum Gasteiger partial charge on any atom is 0.314 e. The van der Waals surface area contributed by atoms with E-state index in [1.54, 1.807) is 0 Å². The summed E-state index contributed by atoms with van der Waals surface area (Å²) in [5.74, 6) is -1.42. The lowest BCUT2D eigenvalue weighted by Gasteiger charge is -2.08. The third kappa shape index (κ3) is 6.12. The largest absolute Gasteiger partial charge is 0.355 e. The first-order valence-electron chi connectivity index (χ1n) is 6.19. The lowest BCUT2D eigenvalue weighted by molar-refractivity contribution is -0.118. The molecular weight excluding hydrogens is 268 g/mol. The van der Waals surface area contributed by atoms with Crippen molar-refractivity contribution in [3.63, 3.8) is 0 Å². The summed E-state index contributed by atoms with van der Waals surface area (Å²) >= 11 is 0. The van der Waals surface area contributed by atoms with Gasteiger partial charge in [-0.05, 0) is 18.1 Å². The van der Waals surface area contributed by atoms with Gasteiger partial charge in [-0.15, -0.1) is 0 Å². The SMILES string of the molecule is CC(=O)NCCNC(=O)NCCc1ccc(F)cc1F. The van der Waals surface area contributed by atoms with E-state index in [0.29, 0.717) is 18.7 Å². The molecule has 0 spiro atoms. The minimum atomic E-state index is -0.630. The Kier molecular flexibility index (Phi) is 6.42. The van der Waals surface area contributed by atoms with Gasteiger partial charge in [0.2, 0.25) is 5.91 Å². The summed E-state index contributed by atoms with van der Waals surface area (Å²) in [7, 11) is 0. The predicted octanol–water partition coefficient (Wildman–Crippen LogP) is 0.943. The zero-order valence-electron chi connectivity index (χ0n) is 11.1. The summed E-state index contributed by atoms with van der Waals surface area (Å²) < 4.78 is 26.0. The molecule has 0 aromatic heterocycles. The molecule has 3 N–H and O–H groups in total. The fraction of sp³-hybridized carbons (Fsp3) is 0.385. The highest BCUT2D eigenvalue weighted by atomic mass is 19.1. The van der Waals surface area contributed by atoms with E-state index in [1.807, 2.05) is 0 Å². The topological polar surface area (TPSA) is 70.2 Å². The van der Waals surface area contributed by atoms with Gasteiger partial charge in [0.05, 0.1) is 0 Å². The van der Waals surface area contributed by atoms with Gasteiger partial charge in [-0.3, -0.25) is 4.79 Å². The summed E-state index contributed by atoms with van der Waals surface area (Å²) in [6.45, 7) is 2.26. The molecule has 3 amide bonds. The molecule has 1 aromatic carbocycles. The van der Waals surface area contributed by atoms with E-state index in [1.165, 1.54) is 19.1 Å². The maximum absolute atomic E-state index is 13.3. The van der Waals surface area contributed by atoms with Crippen LogP contribution in [0.15, 0.2) is 18.2 Å². The minimum Gasteiger partial charge on any atom is -0.355 e. The van der Waals surface area contributed by atoms with Gasteiger partial charge in [0.15, 0.2) is 0 Å². The van der Waals surface area contributed by atoms with E-state index in [9.17, 15) is 18.4 Å². The van der Waals surface area contributed by atoms with Crippen LogP contribution in [0.3, 0.4) is 0 Å². The van der Waals surface area contributed by atoms with Crippen LogP contribution in [-0.2, 0) is 11.2 Å². The summed E-state index contributed by atoms with van der Waals surface area (Å²) in [6.07, 6.45) is 0.269. The van der Waals surface area contributed by atoms with Crippen molar-refractivity contribution in [2.24, 2.45) is 0 Å². The van der Waals surface area contributed by atoms with Gasteiger partial charge in [-0.2, -0.15) is 0 Å². The van der Waals surface area contributed by atoms with Gasteiger partial charge in [-0.25, -0.2) is 13.6 Å². The molecule has 0 bridgehead atoms. The Morgan fingerprint density at radius 2 is 1.70 bits per heavy atom. The van der Waals surface area contributed by atoms with Gasteiger partial charge in [0, 0.05) is 32.6 Å². The summed E-state index contributed by atoms with van der Waals surface area (Å²) in [5, 5.41) is 7.60. The van der Waals surface area contributed by atoms with E-state index in [0.717, 1.165) is 6.07 Å². The van der Waals surface area contributed by atoms with Crippen LogP contribution in [0.4, 0.5) is 13.6 Å². The first kappa shape index (κ1) is 15.9. The molecule has 0 radical (unpaired) electrons. The van der Waals surface area contributed by atoms with Crippen LogP contribution < -0.4 is 16.0 Å². The Labute approximate surface area is 115 Å². The molecular formula is C13H17F2N3O2. The Balaban J connectivity index is 2.20. The van der Waals surface area contributed by atoms with Gasteiger partial charge in [0.1, 0.15) is 11.6 Å². The first-order valence-corrected chi connectivity index (χ1v) is 6.19. The molecule has 110 valence electrons. The lowest BCUT2D eigenvalue weighted by Crippen LogP contribution is -2.40. The summed E-state index contributed by atoms with van der Waals surface area (Å²) in [4.78, 5) is 21.9. The Hall–Kier alpha value is -2.18. The van der Waals surface area contributed by atoms with Crippen molar-refractivity contribution in [1.29, 1.82) is 0 Å². The van der Waals surface area contributed by atoms with Crippen LogP contribution in [0.25, 0.3) is 0 Å². The number of halogens is 2. The predicted molar refractivity (Wildman–Crippen MR) is 70.1 cm³/mol. The number of hydrogen-bond donors (Lipinski definition) is 3. The van der Waals surface area contributed by atoms with Crippen LogP contribution in [0, 0.1) is 11.6 Å². The second-order valence-electron chi connectivity index (χ2n) is 4.15. The fourth-order valence-corrected chi connectivity index (χ4v) is 1.51. The summed E-state index contributed by atoms with van der Waals surface area (Å²) in [6, 6.07) is 2.92. The van der Waals surface area contributed by atoms with E-state index in [2.05, 4.69) is 16.0 Å². The van der Waals surface area contributed by atoms with Crippen molar-refractivity contribution in [3.05, 3.63) is 35.4 Å². The second-order valence-corrected chi connectivity index (χ2v) is 4.15. The van der Waals surface area contributed by atoms with Crippen LogP contribution in [0.1, 0.15) is 12.5 Å². The van der Waals surface area contributed by atoms with Crippen molar-refractivity contribution < 1.29 is 18.4 Å². The van der Waals surface area contributed by atoms with Gasteiger partial charge >= 0.3 is 6.03 Å². The first-order chi connectivity index (χ1) is 9.49. The molecule has 0 fully saturated rings. The standard InChI is InChI=1S/C13H17F2N3O2/c1-9(19)16-6-7-18-13(20)17-5-4-10-2-3-11(14)8-12(10)15/h2-3,8H,4-7H2,1H3,(H,16,19)(H2,17,18,20). The maximum atomic E-state index is 13.3. The van der Waals surface area contributed by atoms with Gasteiger partial charge in [0.25, 0.3) is 0 Å². The quantitative estimate of drug-likeness (QED) is 0.681. The molecule has 7 heteroatoms. The van der Waals surface area contributed by atoms with Crippen molar-refractivity contribution in [2.45, 2.75) is 13.3 Å². The van der Waals surface area contributed by atoms with E-state index >= 15 is 0 Å². The van der Waals surface area contributed by atoms with Gasteiger partial charge < -0.3 is 16.0 Å². The normalized spacial score (nSPS) is 9.95. The monoisotopic (exact) mass is 285 g/mol. The number of amides is 3. The van der Waals surface area contributed by atoms with Crippen molar-refractivity contribution in [3.8, 4) is 0 Å². The van der Waals surface area contributed by atoms with Crippen LogP contribution in [0.2, 0.25) is 0 Å². The van der Waals surface area contributed by atoms with Crippen molar-refractivity contribution in [1.82, 2.24) is 16.0 Å². The van der Waals surface area contributed by atoms with Crippen molar-refractivity contribution in [2.75, 3.05) is 19.6 Å². The van der Waals surface area contributed by atoms with E-state index < -0.39 is 17.7 Å². The van der Waals surface area contributed by atoms with Crippen LogP contribution in [0.5, 0.6) is 0 Å². The van der Waals surface area contributed by atoms with Crippen LogP contribution in [-0.4, -0.2) is 31.6 Å². The number of urea groups is 1. The molecule has 1 rings (SSSR count). The molecule has 0 aliphatic rings. The highest BCUT2D eigenvalue weighted by Crippen LogP contribution is 2.09. The molecule has 0 atom stereocenters. The number of carbonyl (C=O) groups is 2. The highest BCUT2D eigenvalue weighted by molar-refractivity contribution is 5.74. The zero-order chi connectivity index (χ0) is 15.0. The number of hydrogen-bond acceptors (Lipinski definition) is 2. The van der Waals surface area contributed by atoms with E-state index in [4.69, 9.17) is 0 Å². The van der Waals surface area contributed by atoms with Crippen LogP contribution >= 0.6 is 0 Å². The van der Waals surface area contributed by atoms with Crippen molar-refractivity contribution >= 4 is 11.9 Å². The average molecular weight is 285 g/mol. The van der Waals surface area contributed by atoms with Gasteiger partial charge in [-0.1, -0.05) is 6.07 Å². The molecule has 20 heavy (non-hydrogen) atoms. The Morgan fingerprint density at radius 1 is 1.05 bits per heavy atom. The molecule has 0 saturated carbocycles. The molecule has 0 aliphatic carbocycles. The highest BCUT2D eigenvalue weighted by Gasteiger charge is 2.04. The number of benzene rings is 1. The number of nitrogens with one attached hydrogen (secondary N) is 3. The molecule has 0 heterocycles. The molecule has 0 unspecified atom stereocenters. The molecule has 0 saturated heterocycles. The second kappa shape index (κ2) is 8.08. The third-order valence-corrected chi connectivity index (χ3v) is 2.48. The third-order valence-electron chi connectivity index (χ3n) is 2.48.